The van der Waals surface area contributed by atoms with Crippen molar-refractivity contribution >= 4 is 25.6 Å². The smallest absolute Gasteiger partial charge is 0.273 e. The van der Waals surface area contributed by atoms with E-state index in [1.165, 1.54) is 0 Å². The lowest BCUT2D eigenvalue weighted by molar-refractivity contribution is 0.0939. The zero-order valence-corrected chi connectivity index (χ0v) is 12.7. The Morgan fingerprint density at radius 1 is 1.47 bits per heavy atom. The molecule has 0 aliphatic rings. The number of carbonyl (C=O) groups excluding carboxylic acids is 1. The second-order valence-electron chi connectivity index (χ2n) is 4.39. The molecule has 108 valence electrons. The van der Waals surface area contributed by atoms with Gasteiger partial charge in [0, 0.05) is 17.2 Å². The van der Waals surface area contributed by atoms with Gasteiger partial charge < -0.3 is 5.32 Å². The van der Waals surface area contributed by atoms with Gasteiger partial charge in [0.05, 0.1) is 5.69 Å². The number of aromatic nitrogens is 2. The fourth-order valence-corrected chi connectivity index (χ4v) is 2.87. The van der Waals surface area contributed by atoms with Crippen molar-refractivity contribution in [1.82, 2.24) is 15.5 Å². The number of nitrogens with one attached hydrogen (secondary N) is 2. The molecule has 0 bridgehead atoms. The minimum absolute atomic E-state index is 0.171. The molecule has 0 aliphatic heterocycles. The summed E-state index contributed by atoms with van der Waals surface area (Å²) in [6.07, 6.45) is 1.31. The highest BCUT2D eigenvalue weighted by Crippen LogP contribution is 2.22. The fraction of sp³-hybridized carbons (Fsp3) is 0.636. The average Bonchev–Trinajstić information content (AvgIpc) is 2.79. The number of amides is 1. The summed E-state index contributed by atoms with van der Waals surface area (Å²) in [4.78, 5) is 11.7. The van der Waals surface area contributed by atoms with Gasteiger partial charge in [0.15, 0.2) is 5.69 Å². The number of aromatic amines is 1. The maximum atomic E-state index is 11.9. The molecule has 0 radical (unpaired) electrons. The molecule has 1 amide bonds. The molecule has 2 N–H and O–H groups in total. The van der Waals surface area contributed by atoms with E-state index in [1.54, 1.807) is 6.92 Å². The highest BCUT2D eigenvalue weighted by Gasteiger charge is 2.27. The van der Waals surface area contributed by atoms with Crippen molar-refractivity contribution in [2.24, 2.45) is 5.92 Å². The molecule has 1 atom stereocenters. The minimum Gasteiger partial charge on any atom is -0.350 e. The monoisotopic (exact) mass is 307 g/mol. The molecule has 0 fully saturated rings. The zero-order valence-electron chi connectivity index (χ0n) is 11.2. The van der Waals surface area contributed by atoms with Crippen LogP contribution in [0.2, 0.25) is 0 Å². The number of nitrogens with zero attached hydrogens (tertiary/aromatic N) is 1. The Balaban J connectivity index is 3.01. The summed E-state index contributed by atoms with van der Waals surface area (Å²) in [5.74, 6) is -0.222. The summed E-state index contributed by atoms with van der Waals surface area (Å²) in [6.45, 7) is 6.21. The van der Waals surface area contributed by atoms with Crippen LogP contribution < -0.4 is 5.32 Å². The lowest BCUT2D eigenvalue weighted by atomic mass is 10.1. The number of halogens is 1. The van der Waals surface area contributed by atoms with Gasteiger partial charge in [-0.15, -0.1) is 0 Å². The maximum absolute atomic E-state index is 11.9. The van der Waals surface area contributed by atoms with Gasteiger partial charge in [0.25, 0.3) is 15.0 Å². The van der Waals surface area contributed by atoms with Crippen LogP contribution in [0.1, 0.15) is 43.4 Å². The third-order valence-corrected chi connectivity index (χ3v) is 4.30. The molecule has 1 aromatic rings. The van der Waals surface area contributed by atoms with Gasteiger partial charge in [0.1, 0.15) is 4.90 Å². The van der Waals surface area contributed by atoms with Crippen LogP contribution in [-0.2, 0) is 15.5 Å². The molecule has 19 heavy (non-hydrogen) atoms. The molecular formula is C11H18ClN3O3S. The second kappa shape index (κ2) is 6.38. The van der Waals surface area contributed by atoms with Gasteiger partial charge in [0.2, 0.25) is 0 Å². The first kappa shape index (κ1) is 16.0. The van der Waals surface area contributed by atoms with Crippen molar-refractivity contribution in [3.63, 3.8) is 0 Å². The highest BCUT2D eigenvalue weighted by atomic mass is 35.7. The van der Waals surface area contributed by atoms with Crippen LogP contribution in [-0.4, -0.2) is 31.1 Å². The van der Waals surface area contributed by atoms with E-state index in [0.717, 1.165) is 6.42 Å². The summed E-state index contributed by atoms with van der Waals surface area (Å²) in [6, 6.07) is 0. The largest absolute Gasteiger partial charge is 0.350 e. The first-order valence-corrected chi connectivity index (χ1v) is 8.42. The van der Waals surface area contributed by atoms with Gasteiger partial charge >= 0.3 is 0 Å². The van der Waals surface area contributed by atoms with E-state index >= 15 is 0 Å². The number of hydrogen-bond donors (Lipinski definition) is 2. The van der Waals surface area contributed by atoms with Crippen LogP contribution in [0.3, 0.4) is 0 Å². The predicted octanol–water partition coefficient (Wildman–Crippen LogP) is 1.68. The molecule has 1 heterocycles. The van der Waals surface area contributed by atoms with Crippen molar-refractivity contribution < 1.29 is 13.2 Å². The van der Waals surface area contributed by atoms with Crippen LogP contribution in [0, 0.1) is 5.92 Å². The van der Waals surface area contributed by atoms with Gasteiger partial charge in [-0.3, -0.25) is 9.89 Å². The SMILES string of the molecule is CCc1[nH]nc(C(=O)NCC(C)CC)c1S(=O)(=O)Cl. The Morgan fingerprint density at radius 3 is 2.58 bits per heavy atom. The van der Waals surface area contributed by atoms with E-state index in [-0.39, 0.29) is 10.6 Å². The average molecular weight is 308 g/mol. The third-order valence-electron chi connectivity index (χ3n) is 2.91. The van der Waals surface area contributed by atoms with Crippen LogP contribution in [0.5, 0.6) is 0 Å². The van der Waals surface area contributed by atoms with E-state index in [2.05, 4.69) is 15.5 Å². The highest BCUT2D eigenvalue weighted by molar-refractivity contribution is 8.13. The molecule has 1 rings (SSSR count). The van der Waals surface area contributed by atoms with E-state index in [1.807, 2.05) is 13.8 Å². The molecule has 0 aromatic carbocycles. The summed E-state index contributed by atoms with van der Waals surface area (Å²) in [5.41, 5.74) is 0.166. The number of carbonyl (C=O) groups is 1. The Hall–Kier alpha value is -1.08. The Bertz CT molecular complexity index is 554. The summed E-state index contributed by atoms with van der Waals surface area (Å²) in [7, 11) is 1.35. The van der Waals surface area contributed by atoms with Crippen LogP contribution >= 0.6 is 10.7 Å². The summed E-state index contributed by atoms with van der Waals surface area (Å²) in [5, 5.41) is 8.95. The normalized spacial score (nSPS) is 13.3. The molecule has 0 aliphatic carbocycles. The molecule has 1 unspecified atom stereocenters. The molecule has 0 saturated heterocycles. The lowest BCUT2D eigenvalue weighted by Crippen LogP contribution is -2.29. The minimum atomic E-state index is -4.00. The van der Waals surface area contributed by atoms with Crippen molar-refractivity contribution in [2.75, 3.05) is 6.54 Å². The number of aryl methyl sites for hydroxylation is 1. The molecule has 6 nitrogen and oxygen atoms in total. The first-order valence-electron chi connectivity index (χ1n) is 6.11. The third kappa shape index (κ3) is 3.94. The molecule has 0 spiro atoms. The molecule has 0 saturated carbocycles. The Labute approximate surface area is 117 Å². The van der Waals surface area contributed by atoms with Gasteiger partial charge in [-0.1, -0.05) is 27.2 Å². The van der Waals surface area contributed by atoms with Crippen LogP contribution in [0.4, 0.5) is 0 Å². The molecular weight excluding hydrogens is 290 g/mol. The topological polar surface area (TPSA) is 91.9 Å². The standard InChI is InChI=1S/C11H18ClN3O3S/c1-4-7(3)6-13-11(16)9-10(19(12,17)18)8(5-2)14-15-9/h7H,4-6H2,1-3H3,(H,13,16)(H,14,15). The van der Waals surface area contributed by atoms with Crippen molar-refractivity contribution in [1.29, 1.82) is 0 Å². The van der Waals surface area contributed by atoms with Crippen molar-refractivity contribution in [3.8, 4) is 0 Å². The van der Waals surface area contributed by atoms with Crippen molar-refractivity contribution in [3.05, 3.63) is 11.4 Å². The van der Waals surface area contributed by atoms with Gasteiger partial charge in [-0.2, -0.15) is 5.10 Å². The van der Waals surface area contributed by atoms with E-state index < -0.39 is 15.0 Å². The van der Waals surface area contributed by atoms with E-state index in [4.69, 9.17) is 10.7 Å². The Kier molecular flexibility index (Phi) is 5.37. The first-order chi connectivity index (χ1) is 8.81. The fourth-order valence-electron chi connectivity index (χ4n) is 1.52. The predicted molar refractivity (Wildman–Crippen MR) is 72.8 cm³/mol. The van der Waals surface area contributed by atoms with Gasteiger partial charge in [-0.25, -0.2) is 8.42 Å². The lowest BCUT2D eigenvalue weighted by Gasteiger charge is -2.09. The van der Waals surface area contributed by atoms with E-state index in [0.29, 0.717) is 24.6 Å². The van der Waals surface area contributed by atoms with E-state index in [9.17, 15) is 13.2 Å². The van der Waals surface area contributed by atoms with Crippen LogP contribution in [0.15, 0.2) is 4.90 Å². The number of hydrogen-bond acceptors (Lipinski definition) is 4. The zero-order chi connectivity index (χ0) is 14.6. The van der Waals surface area contributed by atoms with Crippen LogP contribution in [0.25, 0.3) is 0 Å². The summed E-state index contributed by atoms with van der Waals surface area (Å²) >= 11 is 0. The number of H-pyrrole nitrogens is 1. The quantitative estimate of drug-likeness (QED) is 0.782. The Morgan fingerprint density at radius 2 is 2.11 bits per heavy atom. The number of rotatable bonds is 6. The second-order valence-corrected chi connectivity index (χ2v) is 6.90. The van der Waals surface area contributed by atoms with Gasteiger partial charge in [-0.05, 0) is 12.3 Å². The molecule has 8 heteroatoms. The maximum Gasteiger partial charge on any atom is 0.273 e. The van der Waals surface area contributed by atoms with Crippen molar-refractivity contribution in [2.45, 2.75) is 38.5 Å². The summed E-state index contributed by atoms with van der Waals surface area (Å²) < 4.78 is 23.0. The molecule has 1 aromatic heterocycles.